The van der Waals surface area contributed by atoms with Crippen molar-refractivity contribution in [3.63, 3.8) is 0 Å². The first kappa shape index (κ1) is 17.7. The molecular weight excluding hydrogens is 365 g/mol. The Morgan fingerprint density at radius 3 is 2.46 bits per heavy atom. The maximum atomic E-state index is 6.59. The Bertz CT molecular complexity index is 916. The second-order valence-electron chi connectivity index (χ2n) is 6.98. The van der Waals surface area contributed by atoms with Crippen molar-refractivity contribution in [3.8, 4) is 11.1 Å². The van der Waals surface area contributed by atoms with Gasteiger partial charge >= 0.3 is 0 Å². The molecule has 134 valence electrons. The van der Waals surface area contributed by atoms with Gasteiger partial charge in [0.1, 0.15) is 0 Å². The zero-order valence-corrected chi connectivity index (χ0v) is 16.0. The van der Waals surface area contributed by atoms with Crippen molar-refractivity contribution < 1.29 is 0 Å². The minimum absolute atomic E-state index is 0.342. The lowest BCUT2D eigenvalue weighted by molar-refractivity contribution is 0.206. The third kappa shape index (κ3) is 3.72. The number of nitrogens with two attached hydrogens (primary N) is 1. The van der Waals surface area contributed by atoms with Gasteiger partial charge in [0.25, 0.3) is 0 Å². The van der Waals surface area contributed by atoms with Crippen LogP contribution in [0.5, 0.6) is 0 Å². The minimum atomic E-state index is 0.342. The number of pyridine rings is 1. The van der Waals surface area contributed by atoms with E-state index in [1.807, 2.05) is 36.7 Å². The summed E-state index contributed by atoms with van der Waals surface area (Å²) in [6.07, 6.45) is 5.84. The first-order valence-corrected chi connectivity index (χ1v) is 9.66. The van der Waals surface area contributed by atoms with Gasteiger partial charge in [-0.25, -0.2) is 0 Å². The molecule has 0 bridgehead atoms. The molecule has 0 radical (unpaired) electrons. The van der Waals surface area contributed by atoms with Crippen LogP contribution in [0.3, 0.4) is 0 Å². The molecule has 0 amide bonds. The summed E-state index contributed by atoms with van der Waals surface area (Å²) in [5, 5.41) is 3.57. The number of benzene rings is 2. The maximum Gasteiger partial charge on any atom is 0.0503 e. The summed E-state index contributed by atoms with van der Waals surface area (Å²) in [7, 11) is 0. The van der Waals surface area contributed by atoms with Crippen LogP contribution in [0.15, 0.2) is 48.8 Å². The van der Waals surface area contributed by atoms with Crippen LogP contribution in [0, 0.1) is 0 Å². The van der Waals surface area contributed by atoms with E-state index in [1.165, 1.54) is 5.56 Å². The average Bonchev–Trinajstić information content (AvgIpc) is 2.64. The molecule has 3 aromatic rings. The van der Waals surface area contributed by atoms with E-state index < -0.39 is 0 Å². The van der Waals surface area contributed by atoms with Crippen molar-refractivity contribution in [2.24, 2.45) is 5.73 Å². The fraction of sp³-hybridized carbons (Fsp3) is 0.286. The Balaban J connectivity index is 1.72. The SMILES string of the molecule is NC1CCN(Cc2cc(Cl)c3cncc(-c4ccc(Cl)cc4)c3c2)CC1. The normalized spacial score (nSPS) is 16.3. The molecule has 0 unspecified atom stereocenters. The molecule has 0 aliphatic carbocycles. The lowest BCUT2D eigenvalue weighted by Crippen LogP contribution is -2.39. The van der Waals surface area contributed by atoms with Crippen LogP contribution >= 0.6 is 23.2 Å². The van der Waals surface area contributed by atoms with Crippen LogP contribution in [-0.2, 0) is 6.54 Å². The van der Waals surface area contributed by atoms with E-state index in [4.69, 9.17) is 28.9 Å². The Hall–Kier alpha value is -1.65. The van der Waals surface area contributed by atoms with Gasteiger partial charge in [-0.2, -0.15) is 0 Å². The highest BCUT2D eigenvalue weighted by molar-refractivity contribution is 6.36. The number of fused-ring (bicyclic) bond motifs is 1. The zero-order valence-electron chi connectivity index (χ0n) is 14.5. The van der Waals surface area contributed by atoms with Crippen LogP contribution in [0.1, 0.15) is 18.4 Å². The van der Waals surface area contributed by atoms with E-state index >= 15 is 0 Å². The predicted molar refractivity (Wildman–Crippen MR) is 110 cm³/mol. The highest BCUT2D eigenvalue weighted by Gasteiger charge is 2.17. The number of hydrogen-bond donors (Lipinski definition) is 1. The van der Waals surface area contributed by atoms with Gasteiger partial charge in [-0.1, -0.05) is 35.3 Å². The van der Waals surface area contributed by atoms with Crippen molar-refractivity contribution in [1.29, 1.82) is 0 Å². The van der Waals surface area contributed by atoms with Gasteiger partial charge in [0.15, 0.2) is 0 Å². The Morgan fingerprint density at radius 2 is 1.73 bits per heavy atom. The third-order valence-electron chi connectivity index (χ3n) is 5.08. The largest absolute Gasteiger partial charge is 0.328 e. The summed E-state index contributed by atoms with van der Waals surface area (Å²) in [4.78, 5) is 6.83. The first-order chi connectivity index (χ1) is 12.6. The fourth-order valence-electron chi connectivity index (χ4n) is 3.60. The van der Waals surface area contributed by atoms with Crippen molar-refractivity contribution >= 4 is 34.0 Å². The van der Waals surface area contributed by atoms with Crippen molar-refractivity contribution in [3.05, 3.63) is 64.4 Å². The number of hydrogen-bond acceptors (Lipinski definition) is 3. The van der Waals surface area contributed by atoms with Crippen LogP contribution in [0.4, 0.5) is 0 Å². The maximum absolute atomic E-state index is 6.59. The van der Waals surface area contributed by atoms with E-state index in [-0.39, 0.29) is 0 Å². The fourth-order valence-corrected chi connectivity index (χ4v) is 4.02. The van der Waals surface area contributed by atoms with Crippen molar-refractivity contribution in [1.82, 2.24) is 9.88 Å². The summed E-state index contributed by atoms with van der Waals surface area (Å²) >= 11 is 12.6. The molecule has 4 rings (SSSR count). The smallest absolute Gasteiger partial charge is 0.0503 e. The van der Waals surface area contributed by atoms with Crippen LogP contribution in [0.2, 0.25) is 10.0 Å². The Morgan fingerprint density at radius 1 is 1.00 bits per heavy atom. The molecule has 2 aromatic carbocycles. The molecule has 1 aromatic heterocycles. The molecule has 2 heterocycles. The number of aromatic nitrogens is 1. The van der Waals surface area contributed by atoms with E-state index in [1.54, 1.807) is 0 Å². The van der Waals surface area contributed by atoms with E-state index in [9.17, 15) is 0 Å². The van der Waals surface area contributed by atoms with Gasteiger partial charge < -0.3 is 5.73 Å². The van der Waals surface area contributed by atoms with Gasteiger partial charge in [-0.15, -0.1) is 0 Å². The quantitative estimate of drug-likeness (QED) is 0.679. The summed E-state index contributed by atoms with van der Waals surface area (Å²) < 4.78 is 0. The van der Waals surface area contributed by atoms with E-state index in [0.717, 1.165) is 64.4 Å². The third-order valence-corrected chi connectivity index (χ3v) is 5.65. The molecule has 1 fully saturated rings. The number of halogens is 2. The lowest BCUT2D eigenvalue weighted by atomic mass is 9.98. The predicted octanol–water partition coefficient (Wildman–Crippen LogP) is 5.13. The molecule has 1 aliphatic rings. The molecule has 5 heteroatoms. The molecule has 0 spiro atoms. The molecule has 0 atom stereocenters. The number of piperidine rings is 1. The molecule has 1 saturated heterocycles. The summed E-state index contributed by atoms with van der Waals surface area (Å²) in [6.45, 7) is 2.97. The average molecular weight is 386 g/mol. The van der Waals surface area contributed by atoms with Crippen molar-refractivity contribution in [2.45, 2.75) is 25.4 Å². The van der Waals surface area contributed by atoms with Crippen LogP contribution in [0.25, 0.3) is 21.9 Å². The van der Waals surface area contributed by atoms with Crippen LogP contribution in [-0.4, -0.2) is 29.0 Å². The second kappa shape index (κ2) is 7.53. The minimum Gasteiger partial charge on any atom is -0.328 e. The Kier molecular flexibility index (Phi) is 5.14. The number of rotatable bonds is 3. The van der Waals surface area contributed by atoms with Crippen LogP contribution < -0.4 is 5.73 Å². The molecule has 1 aliphatic heterocycles. The van der Waals surface area contributed by atoms with Gasteiger partial charge in [-0.3, -0.25) is 9.88 Å². The van der Waals surface area contributed by atoms with Gasteiger partial charge in [-0.05, 0) is 66.7 Å². The van der Waals surface area contributed by atoms with E-state index in [2.05, 4.69) is 22.0 Å². The van der Waals surface area contributed by atoms with Gasteiger partial charge in [0, 0.05) is 41.0 Å². The van der Waals surface area contributed by atoms with Crippen molar-refractivity contribution in [2.75, 3.05) is 13.1 Å². The number of nitrogens with zero attached hydrogens (tertiary/aromatic N) is 2. The molecular formula is C21H21Cl2N3. The highest BCUT2D eigenvalue weighted by atomic mass is 35.5. The van der Waals surface area contributed by atoms with Gasteiger partial charge in [0.2, 0.25) is 0 Å². The Labute approximate surface area is 163 Å². The number of likely N-dealkylation sites (tertiary alicyclic amines) is 1. The lowest BCUT2D eigenvalue weighted by Gasteiger charge is -2.30. The summed E-state index contributed by atoms with van der Waals surface area (Å²) in [5.74, 6) is 0. The molecule has 26 heavy (non-hydrogen) atoms. The summed E-state index contributed by atoms with van der Waals surface area (Å²) in [5.41, 5.74) is 9.40. The first-order valence-electron chi connectivity index (χ1n) is 8.90. The molecule has 0 saturated carbocycles. The second-order valence-corrected chi connectivity index (χ2v) is 7.82. The standard InChI is InChI=1S/C21H21Cl2N3/c22-16-3-1-15(2-4-16)19-11-25-12-20-18(19)9-14(10-21(20)23)13-26-7-5-17(24)6-8-26/h1-4,9-12,17H,5-8,13,24H2. The zero-order chi connectivity index (χ0) is 18.1. The topological polar surface area (TPSA) is 42.1 Å². The highest BCUT2D eigenvalue weighted by Crippen LogP contribution is 2.33. The van der Waals surface area contributed by atoms with E-state index in [0.29, 0.717) is 6.04 Å². The monoisotopic (exact) mass is 385 g/mol. The molecule has 2 N–H and O–H groups in total. The summed E-state index contributed by atoms with van der Waals surface area (Å²) in [6, 6.07) is 12.5. The van der Waals surface area contributed by atoms with Gasteiger partial charge in [0.05, 0.1) is 5.02 Å². The molecule has 3 nitrogen and oxygen atoms in total.